The van der Waals surface area contributed by atoms with Crippen molar-refractivity contribution in [3.05, 3.63) is 29.8 Å². The third-order valence-corrected chi connectivity index (χ3v) is 4.48. The van der Waals surface area contributed by atoms with Crippen molar-refractivity contribution in [2.24, 2.45) is 0 Å². The van der Waals surface area contributed by atoms with Crippen LogP contribution in [0.3, 0.4) is 0 Å². The van der Waals surface area contributed by atoms with Gasteiger partial charge in [-0.2, -0.15) is 0 Å². The van der Waals surface area contributed by atoms with E-state index in [-0.39, 0.29) is 11.3 Å². The number of benzene rings is 1. The first-order chi connectivity index (χ1) is 8.19. The number of esters is 1. The molecule has 1 rings (SSSR count). The van der Waals surface area contributed by atoms with Crippen molar-refractivity contribution in [1.29, 1.82) is 0 Å². The smallest absolute Gasteiger partial charge is 0.339 e. The molecule has 0 aliphatic rings. The Balaban J connectivity index is 3.18. The lowest BCUT2D eigenvalue weighted by atomic mass is 10.2. The topological polar surface area (TPSA) is 72.5 Å². The number of sulfonamides is 1. The molecule has 0 heterocycles. The van der Waals surface area contributed by atoms with Crippen LogP contribution in [0.2, 0.25) is 0 Å². The number of nitrogens with one attached hydrogen (secondary N) is 1. The molecule has 0 aromatic heterocycles. The molecule has 0 amide bonds. The largest absolute Gasteiger partial charge is 0.465 e. The minimum atomic E-state index is -3.57. The Hall–Kier alpha value is -1.56. The molecule has 1 aromatic rings. The quantitative estimate of drug-likeness (QED) is 0.854. The number of methoxy groups -OCH3 is 1. The van der Waals surface area contributed by atoms with Gasteiger partial charge < -0.3 is 4.74 Å². The normalized spacial score (nSPS) is 12.0. The van der Waals surface area contributed by atoms with Crippen LogP contribution in [0.5, 0.6) is 0 Å². The molecule has 0 saturated heterocycles. The summed E-state index contributed by atoms with van der Waals surface area (Å²) in [5.74, 6) is -0.581. The Morgan fingerprint density at radius 3 is 2.28 bits per heavy atom. The minimum absolute atomic E-state index is 0.188. The van der Waals surface area contributed by atoms with E-state index in [1.807, 2.05) is 0 Å². The van der Waals surface area contributed by atoms with E-state index in [0.717, 1.165) is 0 Å². The first-order valence-corrected chi connectivity index (χ1v) is 6.87. The first kappa shape index (κ1) is 14.5. The molecule has 1 aromatic carbocycles. The first-order valence-electron chi connectivity index (χ1n) is 5.39. The van der Waals surface area contributed by atoms with Crippen LogP contribution in [-0.4, -0.2) is 26.2 Å². The number of hydrogen-bond acceptors (Lipinski definition) is 4. The summed E-state index contributed by atoms with van der Waals surface area (Å²) in [6.45, 7) is 4.74. The molecule has 0 aliphatic heterocycles. The van der Waals surface area contributed by atoms with Crippen LogP contribution in [0.25, 0.3) is 0 Å². The molecule has 0 fully saturated rings. The van der Waals surface area contributed by atoms with Gasteiger partial charge in [-0.25, -0.2) is 13.2 Å². The van der Waals surface area contributed by atoms with Crippen LogP contribution in [0, 0.1) is 0 Å². The molecule has 0 atom stereocenters. The molecule has 0 unspecified atom stereocenters. The predicted octanol–water partition coefficient (Wildman–Crippen LogP) is 2.01. The van der Waals surface area contributed by atoms with E-state index in [1.54, 1.807) is 32.9 Å². The number of hydrogen-bond donors (Lipinski definition) is 1. The second-order valence-corrected chi connectivity index (χ2v) is 7.19. The maximum atomic E-state index is 12.0. The molecule has 0 spiro atoms. The van der Waals surface area contributed by atoms with Crippen molar-refractivity contribution in [2.75, 3.05) is 11.8 Å². The van der Waals surface area contributed by atoms with Crippen LogP contribution in [0.1, 0.15) is 31.1 Å². The minimum Gasteiger partial charge on any atom is -0.465 e. The molecule has 0 saturated carbocycles. The highest BCUT2D eigenvalue weighted by Gasteiger charge is 2.30. The van der Waals surface area contributed by atoms with Crippen LogP contribution in [-0.2, 0) is 14.8 Å². The predicted molar refractivity (Wildman–Crippen MR) is 70.1 cm³/mol. The molecule has 6 heteroatoms. The average Bonchev–Trinajstić information content (AvgIpc) is 2.26. The molecule has 0 bridgehead atoms. The summed E-state index contributed by atoms with van der Waals surface area (Å²) in [5, 5.41) is 0. The highest BCUT2D eigenvalue weighted by molar-refractivity contribution is 7.94. The highest BCUT2D eigenvalue weighted by atomic mass is 32.2. The molecule has 0 aliphatic carbocycles. The zero-order chi connectivity index (χ0) is 14.0. The van der Waals surface area contributed by atoms with E-state index in [9.17, 15) is 13.2 Å². The van der Waals surface area contributed by atoms with E-state index in [1.165, 1.54) is 19.2 Å². The zero-order valence-corrected chi connectivity index (χ0v) is 11.7. The zero-order valence-electron chi connectivity index (χ0n) is 10.9. The second-order valence-electron chi connectivity index (χ2n) is 4.76. The van der Waals surface area contributed by atoms with Crippen LogP contribution < -0.4 is 4.72 Å². The number of carbonyl (C=O) groups excluding carboxylic acids is 1. The fraction of sp³-hybridized carbons (Fsp3) is 0.417. The lowest BCUT2D eigenvalue weighted by Crippen LogP contribution is -2.34. The Kier molecular flexibility index (Phi) is 4.01. The van der Waals surface area contributed by atoms with E-state index in [4.69, 9.17) is 0 Å². The van der Waals surface area contributed by atoms with Crippen LogP contribution in [0.4, 0.5) is 5.69 Å². The number of para-hydroxylation sites is 1. The molecule has 18 heavy (non-hydrogen) atoms. The van der Waals surface area contributed by atoms with Crippen LogP contribution in [0.15, 0.2) is 24.3 Å². The SMILES string of the molecule is COC(=O)c1ccccc1NS(=O)(=O)C(C)(C)C. The number of anilines is 1. The van der Waals surface area contributed by atoms with Gasteiger partial charge in [0.15, 0.2) is 0 Å². The van der Waals surface area contributed by atoms with Crippen molar-refractivity contribution in [2.45, 2.75) is 25.5 Å². The molecular formula is C12H17NO4S. The highest BCUT2D eigenvalue weighted by Crippen LogP contribution is 2.22. The van der Waals surface area contributed by atoms with Crippen molar-refractivity contribution in [3.8, 4) is 0 Å². The van der Waals surface area contributed by atoms with Crippen molar-refractivity contribution in [1.82, 2.24) is 0 Å². The standard InChI is InChI=1S/C12H17NO4S/c1-12(2,3)18(15,16)13-10-8-6-5-7-9(10)11(14)17-4/h5-8,13H,1-4H3. The van der Waals surface area contributed by atoms with Gasteiger partial charge in [0, 0.05) is 0 Å². The summed E-state index contributed by atoms with van der Waals surface area (Å²) in [6.07, 6.45) is 0. The Bertz CT molecular complexity index is 543. The van der Waals surface area contributed by atoms with Crippen molar-refractivity contribution in [3.63, 3.8) is 0 Å². The van der Waals surface area contributed by atoms with Gasteiger partial charge in [-0.15, -0.1) is 0 Å². The van der Waals surface area contributed by atoms with Crippen molar-refractivity contribution < 1.29 is 17.9 Å². The molecule has 5 nitrogen and oxygen atoms in total. The van der Waals surface area contributed by atoms with Gasteiger partial charge in [-0.05, 0) is 32.9 Å². The van der Waals surface area contributed by atoms with Crippen molar-refractivity contribution >= 4 is 21.7 Å². The summed E-state index contributed by atoms with van der Waals surface area (Å²) in [5.41, 5.74) is 0.409. The van der Waals surface area contributed by atoms with E-state index in [0.29, 0.717) is 0 Å². The maximum Gasteiger partial charge on any atom is 0.339 e. The summed E-state index contributed by atoms with van der Waals surface area (Å²) in [6, 6.07) is 6.32. The maximum absolute atomic E-state index is 12.0. The third-order valence-electron chi connectivity index (χ3n) is 2.38. The van der Waals surface area contributed by atoms with E-state index >= 15 is 0 Å². The van der Waals surface area contributed by atoms with Gasteiger partial charge in [0.25, 0.3) is 0 Å². The van der Waals surface area contributed by atoms with Gasteiger partial charge in [0.2, 0.25) is 10.0 Å². The number of ether oxygens (including phenoxy) is 1. The van der Waals surface area contributed by atoms with E-state index < -0.39 is 20.7 Å². The van der Waals surface area contributed by atoms with Gasteiger partial charge in [-0.3, -0.25) is 4.72 Å². The Morgan fingerprint density at radius 2 is 1.78 bits per heavy atom. The molecule has 1 N–H and O–H groups in total. The van der Waals surface area contributed by atoms with Gasteiger partial charge in [0.05, 0.1) is 23.1 Å². The third kappa shape index (κ3) is 3.01. The number of carbonyl (C=O) groups is 1. The summed E-state index contributed by atoms with van der Waals surface area (Å²) < 4.78 is 30.1. The Morgan fingerprint density at radius 1 is 1.22 bits per heavy atom. The average molecular weight is 271 g/mol. The molecule has 100 valence electrons. The lowest BCUT2D eigenvalue weighted by Gasteiger charge is -2.21. The Labute approximate surface area is 107 Å². The summed E-state index contributed by atoms with van der Waals surface area (Å²) in [7, 11) is -2.33. The fourth-order valence-corrected chi connectivity index (χ4v) is 1.93. The lowest BCUT2D eigenvalue weighted by molar-refractivity contribution is 0.0602. The summed E-state index contributed by atoms with van der Waals surface area (Å²) in [4.78, 5) is 11.5. The van der Waals surface area contributed by atoms with Gasteiger partial charge in [-0.1, -0.05) is 12.1 Å². The van der Waals surface area contributed by atoms with E-state index in [2.05, 4.69) is 9.46 Å². The molecule has 0 radical (unpaired) electrons. The summed E-state index contributed by atoms with van der Waals surface area (Å²) >= 11 is 0. The van der Waals surface area contributed by atoms with Crippen LogP contribution >= 0.6 is 0 Å². The molecular weight excluding hydrogens is 254 g/mol. The second kappa shape index (κ2) is 4.97. The van der Waals surface area contributed by atoms with Gasteiger partial charge >= 0.3 is 5.97 Å². The number of rotatable bonds is 3. The van der Waals surface area contributed by atoms with Gasteiger partial charge in [0.1, 0.15) is 0 Å². The fourth-order valence-electron chi connectivity index (χ4n) is 1.16. The monoisotopic (exact) mass is 271 g/mol.